The second-order valence-corrected chi connectivity index (χ2v) is 4.67. The van der Waals surface area contributed by atoms with Crippen LogP contribution in [-0.2, 0) is 6.42 Å². The van der Waals surface area contributed by atoms with Crippen LogP contribution in [0.4, 0.5) is 0 Å². The van der Waals surface area contributed by atoms with Crippen molar-refractivity contribution in [2.24, 2.45) is 0 Å². The minimum Gasteiger partial charge on any atom is -0.298 e. The average molecular weight is 243 g/mol. The molecule has 3 aromatic rings. The Morgan fingerprint density at radius 2 is 2.29 bits per heavy atom. The Bertz CT molecular complexity index is 658. The summed E-state index contributed by atoms with van der Waals surface area (Å²) in [6.07, 6.45) is 3.31. The first-order chi connectivity index (χ1) is 8.36. The van der Waals surface area contributed by atoms with E-state index in [9.17, 15) is 4.79 Å². The van der Waals surface area contributed by atoms with Crippen molar-refractivity contribution in [3.63, 3.8) is 0 Å². The van der Waals surface area contributed by atoms with Crippen LogP contribution < -0.4 is 0 Å². The molecule has 0 aliphatic rings. The van der Waals surface area contributed by atoms with E-state index in [0.717, 1.165) is 12.1 Å². The Morgan fingerprint density at radius 3 is 3.06 bits per heavy atom. The van der Waals surface area contributed by atoms with Gasteiger partial charge in [-0.15, -0.1) is 11.3 Å². The second-order valence-electron chi connectivity index (χ2n) is 3.63. The Hall–Kier alpha value is -2.01. The van der Waals surface area contributed by atoms with Gasteiger partial charge in [0.05, 0.1) is 5.56 Å². The number of aromatic nitrogens is 3. The number of rotatable bonds is 3. The molecular formula is C12H9N3OS. The van der Waals surface area contributed by atoms with E-state index in [1.165, 1.54) is 4.88 Å². The predicted molar refractivity (Wildman–Crippen MR) is 65.5 cm³/mol. The highest BCUT2D eigenvalue weighted by Gasteiger charge is 2.08. The van der Waals surface area contributed by atoms with Gasteiger partial charge >= 0.3 is 0 Å². The van der Waals surface area contributed by atoms with Crippen molar-refractivity contribution in [1.82, 2.24) is 14.6 Å². The molecule has 3 rings (SSSR count). The van der Waals surface area contributed by atoms with Crippen LogP contribution >= 0.6 is 11.3 Å². The highest BCUT2D eigenvalue weighted by Crippen LogP contribution is 2.14. The van der Waals surface area contributed by atoms with Gasteiger partial charge in [-0.1, -0.05) is 6.07 Å². The molecule has 5 heteroatoms. The van der Waals surface area contributed by atoms with E-state index in [2.05, 4.69) is 16.1 Å². The molecule has 0 unspecified atom stereocenters. The van der Waals surface area contributed by atoms with Crippen LogP contribution in [0.25, 0.3) is 5.65 Å². The smallest absolute Gasteiger partial charge is 0.166 e. The molecule has 84 valence electrons. The predicted octanol–water partition coefficient (Wildman–Crippen LogP) is 2.19. The number of fused-ring (bicyclic) bond motifs is 1. The topological polar surface area (TPSA) is 47.3 Å². The number of aldehydes is 1. The first kappa shape index (κ1) is 10.2. The van der Waals surface area contributed by atoms with Gasteiger partial charge in [0.25, 0.3) is 0 Å². The molecule has 0 fully saturated rings. The highest BCUT2D eigenvalue weighted by atomic mass is 32.1. The van der Waals surface area contributed by atoms with Crippen molar-refractivity contribution in [2.45, 2.75) is 6.42 Å². The zero-order valence-electron chi connectivity index (χ0n) is 8.91. The Kier molecular flexibility index (Phi) is 2.45. The SMILES string of the molecule is O=Cc1cccn2nc(Cc3cccs3)nc12. The molecule has 0 amide bonds. The lowest BCUT2D eigenvalue weighted by atomic mass is 10.3. The van der Waals surface area contributed by atoms with E-state index in [4.69, 9.17) is 0 Å². The molecule has 0 atom stereocenters. The minimum atomic E-state index is 0.567. The summed E-state index contributed by atoms with van der Waals surface area (Å²) in [7, 11) is 0. The molecule has 4 nitrogen and oxygen atoms in total. The number of thiophene rings is 1. The monoisotopic (exact) mass is 243 g/mol. The molecule has 0 aliphatic carbocycles. The molecule has 0 N–H and O–H groups in total. The van der Waals surface area contributed by atoms with E-state index < -0.39 is 0 Å². The van der Waals surface area contributed by atoms with Gasteiger partial charge in [-0.3, -0.25) is 4.79 Å². The normalized spacial score (nSPS) is 10.8. The number of hydrogen-bond donors (Lipinski definition) is 0. The van der Waals surface area contributed by atoms with Gasteiger partial charge in [0.15, 0.2) is 17.8 Å². The quantitative estimate of drug-likeness (QED) is 0.662. The van der Waals surface area contributed by atoms with Crippen molar-refractivity contribution >= 4 is 23.3 Å². The molecule has 0 aliphatic heterocycles. The molecule has 0 saturated heterocycles. The van der Waals surface area contributed by atoms with E-state index in [1.807, 2.05) is 11.4 Å². The number of carbonyl (C=O) groups excluding carboxylic acids is 1. The summed E-state index contributed by atoms with van der Waals surface area (Å²) in [6, 6.07) is 7.59. The van der Waals surface area contributed by atoms with E-state index in [0.29, 0.717) is 17.6 Å². The lowest BCUT2D eigenvalue weighted by Gasteiger charge is -1.91. The van der Waals surface area contributed by atoms with Gasteiger partial charge in [0.2, 0.25) is 0 Å². The molecular weight excluding hydrogens is 234 g/mol. The first-order valence-corrected chi connectivity index (χ1v) is 6.06. The Balaban J connectivity index is 2.04. The summed E-state index contributed by atoms with van der Waals surface area (Å²) >= 11 is 1.68. The van der Waals surface area contributed by atoms with Gasteiger partial charge in [-0.05, 0) is 23.6 Å². The molecule has 0 radical (unpaired) electrons. The lowest BCUT2D eigenvalue weighted by Crippen LogP contribution is -1.91. The third kappa shape index (κ3) is 1.85. The van der Waals surface area contributed by atoms with Gasteiger partial charge in [-0.25, -0.2) is 9.50 Å². The fourth-order valence-electron chi connectivity index (χ4n) is 1.71. The summed E-state index contributed by atoms with van der Waals surface area (Å²) in [5.41, 5.74) is 1.19. The summed E-state index contributed by atoms with van der Waals surface area (Å²) in [5.74, 6) is 0.738. The summed E-state index contributed by atoms with van der Waals surface area (Å²) in [5, 5.41) is 6.38. The summed E-state index contributed by atoms with van der Waals surface area (Å²) < 4.78 is 1.65. The van der Waals surface area contributed by atoms with Gasteiger partial charge in [0, 0.05) is 17.5 Å². The number of hydrogen-bond acceptors (Lipinski definition) is 4. The lowest BCUT2D eigenvalue weighted by molar-refractivity contribution is 0.112. The summed E-state index contributed by atoms with van der Waals surface area (Å²) in [6.45, 7) is 0. The largest absolute Gasteiger partial charge is 0.298 e. The highest BCUT2D eigenvalue weighted by molar-refractivity contribution is 7.09. The van der Waals surface area contributed by atoms with Crippen LogP contribution in [-0.4, -0.2) is 20.9 Å². The van der Waals surface area contributed by atoms with E-state index in [-0.39, 0.29) is 0 Å². The van der Waals surface area contributed by atoms with Crippen molar-refractivity contribution in [3.8, 4) is 0 Å². The van der Waals surface area contributed by atoms with Gasteiger partial charge in [0.1, 0.15) is 0 Å². The Morgan fingerprint density at radius 1 is 1.35 bits per heavy atom. The number of carbonyl (C=O) groups is 1. The summed E-state index contributed by atoms with van der Waals surface area (Å²) in [4.78, 5) is 16.5. The molecule has 17 heavy (non-hydrogen) atoms. The molecule has 0 aromatic carbocycles. The maximum absolute atomic E-state index is 10.9. The number of nitrogens with zero attached hydrogens (tertiary/aromatic N) is 3. The zero-order chi connectivity index (χ0) is 11.7. The fraction of sp³-hybridized carbons (Fsp3) is 0.0833. The zero-order valence-corrected chi connectivity index (χ0v) is 9.72. The van der Waals surface area contributed by atoms with Crippen molar-refractivity contribution < 1.29 is 4.79 Å². The van der Waals surface area contributed by atoms with Crippen molar-refractivity contribution in [2.75, 3.05) is 0 Å². The van der Waals surface area contributed by atoms with Crippen LogP contribution in [0.15, 0.2) is 35.8 Å². The first-order valence-electron chi connectivity index (χ1n) is 5.18. The minimum absolute atomic E-state index is 0.567. The number of pyridine rings is 1. The van der Waals surface area contributed by atoms with Gasteiger partial charge in [-0.2, -0.15) is 5.10 Å². The standard InChI is InChI=1S/C12H9N3OS/c16-8-9-3-1-5-15-12(9)13-11(14-15)7-10-4-2-6-17-10/h1-6,8H,7H2. The van der Waals surface area contributed by atoms with Crippen LogP contribution in [0, 0.1) is 0 Å². The van der Waals surface area contributed by atoms with Crippen LogP contribution in [0.1, 0.15) is 21.1 Å². The van der Waals surface area contributed by atoms with E-state index >= 15 is 0 Å². The van der Waals surface area contributed by atoms with Crippen molar-refractivity contribution in [3.05, 3.63) is 52.1 Å². The maximum Gasteiger partial charge on any atom is 0.166 e. The molecule has 0 bridgehead atoms. The van der Waals surface area contributed by atoms with Crippen LogP contribution in [0.2, 0.25) is 0 Å². The fourth-order valence-corrected chi connectivity index (χ4v) is 2.41. The van der Waals surface area contributed by atoms with E-state index in [1.54, 1.807) is 34.2 Å². The molecule has 0 spiro atoms. The molecule has 3 heterocycles. The average Bonchev–Trinajstić information content (AvgIpc) is 2.97. The van der Waals surface area contributed by atoms with Gasteiger partial charge < -0.3 is 0 Å². The second kappa shape index (κ2) is 4.10. The van der Waals surface area contributed by atoms with Crippen LogP contribution in [0.5, 0.6) is 0 Å². The maximum atomic E-state index is 10.9. The molecule has 3 aromatic heterocycles. The van der Waals surface area contributed by atoms with Crippen molar-refractivity contribution in [1.29, 1.82) is 0 Å². The third-order valence-corrected chi connectivity index (χ3v) is 3.35. The third-order valence-electron chi connectivity index (χ3n) is 2.48. The van der Waals surface area contributed by atoms with Crippen LogP contribution in [0.3, 0.4) is 0 Å². The Labute approximate surface area is 102 Å². The molecule has 0 saturated carbocycles.